The summed E-state index contributed by atoms with van der Waals surface area (Å²) in [5.41, 5.74) is 1.06. The summed E-state index contributed by atoms with van der Waals surface area (Å²) in [6.45, 7) is 6.10. The SMILES string of the molecule is CC12CCC(=O)N1C(C(=O)N1CCN(Cc3nc4ccccc4s3)CC1)CS2. The largest absolute Gasteiger partial charge is 0.338 e. The number of para-hydroxylation sites is 1. The highest BCUT2D eigenvalue weighted by Crippen LogP contribution is 2.47. The van der Waals surface area contributed by atoms with E-state index in [2.05, 4.69) is 24.0 Å². The smallest absolute Gasteiger partial charge is 0.246 e. The summed E-state index contributed by atoms with van der Waals surface area (Å²) < 4.78 is 1.23. The van der Waals surface area contributed by atoms with Crippen LogP contribution in [0.25, 0.3) is 10.2 Å². The molecule has 0 aliphatic carbocycles. The lowest BCUT2D eigenvalue weighted by Crippen LogP contribution is -2.56. The van der Waals surface area contributed by atoms with Gasteiger partial charge >= 0.3 is 0 Å². The molecule has 2 atom stereocenters. The van der Waals surface area contributed by atoms with Crippen LogP contribution in [0, 0.1) is 0 Å². The average Bonchev–Trinajstić information content (AvgIpc) is 3.34. The Morgan fingerprint density at radius 2 is 2.04 bits per heavy atom. The summed E-state index contributed by atoms with van der Waals surface area (Å²) in [5, 5.41) is 1.13. The predicted octanol–water partition coefficient (Wildman–Crippen LogP) is 2.39. The van der Waals surface area contributed by atoms with E-state index in [4.69, 9.17) is 4.98 Å². The maximum atomic E-state index is 13.1. The van der Waals surface area contributed by atoms with Crippen molar-refractivity contribution in [2.75, 3.05) is 31.9 Å². The molecule has 1 aromatic heterocycles. The second kappa shape index (κ2) is 7.00. The minimum absolute atomic E-state index is 0.131. The molecule has 0 bridgehead atoms. The van der Waals surface area contributed by atoms with Gasteiger partial charge in [-0.15, -0.1) is 23.1 Å². The highest BCUT2D eigenvalue weighted by molar-refractivity contribution is 8.01. The molecule has 5 rings (SSSR count). The fourth-order valence-electron chi connectivity index (χ4n) is 4.52. The maximum absolute atomic E-state index is 13.1. The van der Waals surface area contributed by atoms with Crippen LogP contribution in [0.5, 0.6) is 0 Å². The maximum Gasteiger partial charge on any atom is 0.246 e. The zero-order valence-corrected chi connectivity index (χ0v) is 17.6. The number of thiazole rings is 1. The molecule has 28 heavy (non-hydrogen) atoms. The molecule has 148 valence electrons. The molecule has 2 aromatic rings. The van der Waals surface area contributed by atoms with Gasteiger partial charge in [-0.2, -0.15) is 0 Å². The molecular formula is C20H24N4O2S2. The van der Waals surface area contributed by atoms with Crippen LogP contribution < -0.4 is 0 Å². The van der Waals surface area contributed by atoms with Gasteiger partial charge in [-0.1, -0.05) is 12.1 Å². The molecule has 0 N–H and O–H groups in total. The number of hydrogen-bond donors (Lipinski definition) is 0. The first kappa shape index (κ1) is 18.4. The van der Waals surface area contributed by atoms with Crippen molar-refractivity contribution in [1.29, 1.82) is 0 Å². The standard InChI is InChI=1S/C20H24N4O2S2/c1-20-7-6-18(25)24(20)15(13-27-20)19(26)23-10-8-22(9-11-23)12-17-21-14-4-2-3-5-16(14)28-17/h2-5,15H,6-13H2,1H3. The molecule has 3 fully saturated rings. The number of hydrogen-bond acceptors (Lipinski definition) is 6. The highest BCUT2D eigenvalue weighted by atomic mass is 32.2. The van der Waals surface area contributed by atoms with Gasteiger partial charge in [-0.3, -0.25) is 14.5 Å². The number of carbonyl (C=O) groups is 2. The summed E-state index contributed by atoms with van der Waals surface area (Å²) in [6, 6.07) is 7.96. The van der Waals surface area contributed by atoms with Crippen molar-refractivity contribution in [2.24, 2.45) is 0 Å². The molecule has 0 radical (unpaired) electrons. The van der Waals surface area contributed by atoms with Crippen molar-refractivity contribution in [1.82, 2.24) is 19.7 Å². The van der Waals surface area contributed by atoms with Crippen molar-refractivity contribution >= 4 is 45.1 Å². The fourth-order valence-corrected chi connectivity index (χ4v) is 6.95. The third-order valence-corrected chi connectivity index (χ3v) is 8.64. The van der Waals surface area contributed by atoms with Crippen molar-refractivity contribution < 1.29 is 9.59 Å². The van der Waals surface area contributed by atoms with E-state index in [1.54, 1.807) is 23.1 Å². The molecule has 2 unspecified atom stereocenters. The van der Waals surface area contributed by atoms with Crippen molar-refractivity contribution in [3.8, 4) is 0 Å². The van der Waals surface area contributed by atoms with Gasteiger partial charge in [0, 0.05) is 38.4 Å². The molecule has 0 spiro atoms. The monoisotopic (exact) mass is 416 g/mol. The summed E-state index contributed by atoms with van der Waals surface area (Å²) >= 11 is 3.51. The van der Waals surface area contributed by atoms with E-state index in [0.717, 1.165) is 55.4 Å². The van der Waals surface area contributed by atoms with Gasteiger partial charge in [0.2, 0.25) is 11.8 Å². The molecule has 6 nitrogen and oxygen atoms in total. The Morgan fingerprint density at radius 3 is 2.82 bits per heavy atom. The van der Waals surface area contributed by atoms with E-state index in [1.165, 1.54) is 4.70 Å². The molecule has 0 saturated carbocycles. The van der Waals surface area contributed by atoms with Crippen LogP contribution in [0.2, 0.25) is 0 Å². The van der Waals surface area contributed by atoms with Gasteiger partial charge in [0.25, 0.3) is 0 Å². The molecular weight excluding hydrogens is 392 g/mol. The van der Waals surface area contributed by atoms with Crippen LogP contribution in [0.4, 0.5) is 0 Å². The van der Waals surface area contributed by atoms with Crippen LogP contribution in [-0.2, 0) is 16.1 Å². The molecule has 2 amide bonds. The lowest BCUT2D eigenvalue weighted by atomic mass is 10.2. The second-order valence-electron chi connectivity index (χ2n) is 7.94. The number of carbonyl (C=O) groups excluding carboxylic acids is 2. The highest BCUT2D eigenvalue weighted by Gasteiger charge is 2.53. The van der Waals surface area contributed by atoms with Gasteiger partial charge in [-0.05, 0) is 25.5 Å². The molecule has 4 heterocycles. The van der Waals surface area contributed by atoms with Crippen LogP contribution in [0.3, 0.4) is 0 Å². The number of fused-ring (bicyclic) bond motifs is 2. The van der Waals surface area contributed by atoms with Crippen LogP contribution in [0.1, 0.15) is 24.8 Å². The third kappa shape index (κ3) is 3.11. The van der Waals surface area contributed by atoms with E-state index >= 15 is 0 Å². The van der Waals surface area contributed by atoms with Crippen molar-refractivity contribution in [3.63, 3.8) is 0 Å². The van der Waals surface area contributed by atoms with E-state index in [-0.39, 0.29) is 22.7 Å². The first-order valence-corrected chi connectivity index (χ1v) is 11.7. The number of amides is 2. The molecule has 3 aliphatic heterocycles. The number of rotatable bonds is 3. The molecule has 8 heteroatoms. The van der Waals surface area contributed by atoms with Gasteiger partial charge in [0.1, 0.15) is 11.0 Å². The lowest BCUT2D eigenvalue weighted by molar-refractivity contribution is -0.144. The topological polar surface area (TPSA) is 56.8 Å². The number of aromatic nitrogens is 1. The number of benzene rings is 1. The van der Waals surface area contributed by atoms with Gasteiger partial charge in [-0.25, -0.2) is 4.98 Å². The van der Waals surface area contributed by atoms with Crippen molar-refractivity contribution in [2.45, 2.75) is 37.2 Å². The van der Waals surface area contributed by atoms with E-state index in [0.29, 0.717) is 6.42 Å². The van der Waals surface area contributed by atoms with Crippen LogP contribution >= 0.6 is 23.1 Å². The zero-order chi connectivity index (χ0) is 19.3. The average molecular weight is 417 g/mol. The molecule has 1 aromatic carbocycles. The molecule has 3 aliphatic rings. The second-order valence-corrected chi connectivity index (χ2v) is 10.6. The first-order chi connectivity index (χ1) is 13.5. The lowest BCUT2D eigenvalue weighted by Gasteiger charge is -2.37. The van der Waals surface area contributed by atoms with Crippen molar-refractivity contribution in [3.05, 3.63) is 29.3 Å². The minimum Gasteiger partial charge on any atom is -0.338 e. The normalized spacial score (nSPS) is 28.3. The predicted molar refractivity (Wildman–Crippen MR) is 112 cm³/mol. The summed E-state index contributed by atoms with van der Waals surface area (Å²) in [5.74, 6) is 0.999. The van der Waals surface area contributed by atoms with Gasteiger partial charge in [0.15, 0.2) is 0 Å². The van der Waals surface area contributed by atoms with E-state index < -0.39 is 0 Å². The Labute approximate surface area is 172 Å². The minimum atomic E-state index is -0.277. The van der Waals surface area contributed by atoms with Gasteiger partial charge in [0.05, 0.1) is 21.6 Å². The van der Waals surface area contributed by atoms with Crippen LogP contribution in [-0.4, -0.2) is 74.3 Å². The van der Waals surface area contributed by atoms with E-state index in [1.807, 2.05) is 21.9 Å². The Bertz CT molecular complexity index is 891. The summed E-state index contributed by atoms with van der Waals surface area (Å²) in [7, 11) is 0. The van der Waals surface area contributed by atoms with Gasteiger partial charge < -0.3 is 9.80 Å². The fraction of sp³-hybridized carbons (Fsp3) is 0.550. The first-order valence-electron chi connectivity index (χ1n) is 9.85. The Kier molecular flexibility index (Phi) is 4.60. The Hall–Kier alpha value is -1.64. The summed E-state index contributed by atoms with van der Waals surface area (Å²) in [4.78, 5) is 36.2. The Balaban J connectivity index is 1.20. The third-order valence-electron chi connectivity index (χ3n) is 6.11. The van der Waals surface area contributed by atoms with Crippen LogP contribution in [0.15, 0.2) is 24.3 Å². The Morgan fingerprint density at radius 1 is 1.25 bits per heavy atom. The number of piperazine rings is 1. The number of thioether (sulfide) groups is 1. The quantitative estimate of drug-likeness (QED) is 0.769. The zero-order valence-electron chi connectivity index (χ0n) is 16.0. The van der Waals surface area contributed by atoms with E-state index in [9.17, 15) is 9.59 Å². The number of nitrogens with zero attached hydrogens (tertiary/aromatic N) is 4. The molecule has 3 saturated heterocycles. The summed E-state index contributed by atoms with van der Waals surface area (Å²) in [6.07, 6.45) is 1.43.